The lowest BCUT2D eigenvalue weighted by atomic mass is 10.0. The molecule has 0 saturated carbocycles. The summed E-state index contributed by atoms with van der Waals surface area (Å²) in [7, 11) is 0. The SMILES string of the molecule is CCCC[C@H](OC(=O)N[C@@H](CC(=O)O)c1ccc2c(c1)OCO2)C(=O)N(Cc1cccs1)Cc1cccs1. The maximum Gasteiger partial charge on any atom is 0.408 e. The van der Waals surface area contributed by atoms with E-state index in [2.05, 4.69) is 5.32 Å². The Bertz CT molecular complexity index is 1180. The predicted octanol–water partition coefficient (Wildman–Crippen LogP) is 5.57. The third-order valence-electron chi connectivity index (χ3n) is 5.98. The largest absolute Gasteiger partial charge is 0.481 e. The Morgan fingerprint density at radius 3 is 2.34 bits per heavy atom. The number of nitrogens with one attached hydrogen (secondary N) is 1. The highest BCUT2D eigenvalue weighted by atomic mass is 32.1. The fourth-order valence-corrected chi connectivity index (χ4v) is 5.52. The van der Waals surface area contributed by atoms with Gasteiger partial charge in [0.1, 0.15) is 0 Å². The van der Waals surface area contributed by atoms with E-state index in [9.17, 15) is 19.5 Å². The fraction of sp³-hybridized carbons (Fsp3) is 0.370. The van der Waals surface area contributed by atoms with Crippen LogP contribution in [0.3, 0.4) is 0 Å². The number of rotatable bonds is 13. The number of benzene rings is 1. The van der Waals surface area contributed by atoms with Crippen LogP contribution in [0.25, 0.3) is 0 Å². The number of hydrogen-bond acceptors (Lipinski definition) is 8. The predicted molar refractivity (Wildman–Crippen MR) is 143 cm³/mol. The maximum absolute atomic E-state index is 13.7. The van der Waals surface area contributed by atoms with E-state index in [0.717, 1.165) is 16.2 Å². The van der Waals surface area contributed by atoms with Crippen molar-refractivity contribution in [1.82, 2.24) is 10.2 Å². The third-order valence-corrected chi connectivity index (χ3v) is 7.70. The highest BCUT2D eigenvalue weighted by Crippen LogP contribution is 2.35. The molecule has 1 aromatic carbocycles. The molecule has 9 nitrogen and oxygen atoms in total. The van der Waals surface area contributed by atoms with Gasteiger partial charge >= 0.3 is 12.1 Å². The number of aliphatic carboxylic acids is 1. The number of amides is 2. The summed E-state index contributed by atoms with van der Waals surface area (Å²) in [4.78, 5) is 42.0. The summed E-state index contributed by atoms with van der Waals surface area (Å²) >= 11 is 3.12. The van der Waals surface area contributed by atoms with Crippen molar-refractivity contribution in [2.24, 2.45) is 0 Å². The lowest BCUT2D eigenvalue weighted by Crippen LogP contribution is -2.43. The Hall–Kier alpha value is -3.57. The van der Waals surface area contributed by atoms with E-state index in [1.807, 2.05) is 41.9 Å². The molecule has 2 atom stereocenters. The van der Waals surface area contributed by atoms with Crippen LogP contribution >= 0.6 is 22.7 Å². The zero-order valence-corrected chi connectivity index (χ0v) is 22.6. The number of alkyl carbamates (subject to hydrolysis) is 1. The summed E-state index contributed by atoms with van der Waals surface area (Å²) in [5.74, 6) is -0.355. The molecule has 2 aromatic heterocycles. The number of hydrogen-bond donors (Lipinski definition) is 2. The number of carboxylic acid groups (broad SMARTS) is 1. The highest BCUT2D eigenvalue weighted by Gasteiger charge is 2.30. The molecule has 0 saturated heterocycles. The van der Waals surface area contributed by atoms with Crippen molar-refractivity contribution in [3.05, 3.63) is 68.5 Å². The van der Waals surface area contributed by atoms with Crippen LogP contribution < -0.4 is 14.8 Å². The van der Waals surface area contributed by atoms with Gasteiger partial charge in [0.2, 0.25) is 6.79 Å². The maximum atomic E-state index is 13.7. The van der Waals surface area contributed by atoms with Crippen LogP contribution in [0.1, 0.15) is 54.0 Å². The van der Waals surface area contributed by atoms with Crippen molar-refractivity contribution in [3.8, 4) is 11.5 Å². The quantitative estimate of drug-likeness (QED) is 0.282. The number of ether oxygens (including phenoxy) is 3. The molecular formula is C27H30N2O7S2. The van der Waals surface area contributed by atoms with E-state index in [1.54, 1.807) is 45.8 Å². The zero-order valence-electron chi connectivity index (χ0n) is 21.0. The molecule has 3 heterocycles. The second kappa shape index (κ2) is 13.3. The topological polar surface area (TPSA) is 114 Å². The van der Waals surface area contributed by atoms with Crippen molar-refractivity contribution in [3.63, 3.8) is 0 Å². The van der Waals surface area contributed by atoms with Crippen LogP contribution in [0.15, 0.2) is 53.2 Å². The second-order valence-electron chi connectivity index (χ2n) is 8.80. The number of carboxylic acids is 1. The number of carbonyl (C=O) groups excluding carboxylic acids is 2. The van der Waals surface area contributed by atoms with Gasteiger partial charge in [-0.15, -0.1) is 22.7 Å². The molecule has 11 heteroatoms. The lowest BCUT2D eigenvalue weighted by molar-refractivity contribution is -0.142. The minimum Gasteiger partial charge on any atom is -0.481 e. The molecule has 1 aliphatic rings. The van der Waals surface area contributed by atoms with Gasteiger partial charge in [0.05, 0.1) is 25.6 Å². The highest BCUT2D eigenvalue weighted by molar-refractivity contribution is 7.10. The van der Waals surface area contributed by atoms with Crippen LogP contribution in [0.2, 0.25) is 0 Å². The number of carbonyl (C=O) groups is 3. The minimum atomic E-state index is -1.09. The van der Waals surface area contributed by atoms with E-state index in [0.29, 0.717) is 43.0 Å². The lowest BCUT2D eigenvalue weighted by Gasteiger charge is -2.27. The van der Waals surface area contributed by atoms with Crippen molar-refractivity contribution in [2.75, 3.05) is 6.79 Å². The first-order chi connectivity index (χ1) is 18.4. The van der Waals surface area contributed by atoms with E-state index in [4.69, 9.17) is 14.2 Å². The first-order valence-electron chi connectivity index (χ1n) is 12.3. The fourth-order valence-electron chi connectivity index (χ4n) is 4.08. The van der Waals surface area contributed by atoms with Crippen molar-refractivity contribution >= 4 is 40.6 Å². The standard InChI is InChI=1S/C27H30N2O7S2/c1-2-3-8-23(26(32)29(15-19-6-4-11-37-19)16-20-7-5-12-38-20)36-27(33)28-21(14-25(30)31)18-9-10-22-24(13-18)35-17-34-22/h4-7,9-13,21,23H,2-3,8,14-17H2,1H3,(H,28,33)(H,30,31)/t21-,23-/m0/s1. The molecule has 0 fully saturated rings. The van der Waals surface area contributed by atoms with Gasteiger partial charge < -0.3 is 29.5 Å². The molecule has 202 valence electrons. The van der Waals surface area contributed by atoms with Crippen molar-refractivity contribution in [2.45, 2.75) is 57.8 Å². The Kier molecular flexibility index (Phi) is 9.61. The van der Waals surface area contributed by atoms with E-state index in [1.165, 1.54) is 0 Å². The molecule has 0 spiro atoms. The minimum absolute atomic E-state index is 0.0759. The normalized spacial score (nSPS) is 13.5. The number of unbranched alkanes of at least 4 members (excludes halogenated alkanes) is 1. The van der Waals surface area contributed by atoms with Gasteiger partial charge in [0.15, 0.2) is 17.6 Å². The first-order valence-corrected chi connectivity index (χ1v) is 14.1. The van der Waals surface area contributed by atoms with Gasteiger partial charge in [0, 0.05) is 9.75 Å². The van der Waals surface area contributed by atoms with Gasteiger partial charge in [-0.2, -0.15) is 0 Å². The molecule has 0 bridgehead atoms. The molecule has 0 unspecified atom stereocenters. The van der Waals surface area contributed by atoms with Crippen molar-refractivity contribution in [1.29, 1.82) is 0 Å². The van der Waals surface area contributed by atoms with E-state index < -0.39 is 24.2 Å². The molecule has 0 aliphatic carbocycles. The average Bonchev–Trinajstić information content (AvgIpc) is 3.68. The van der Waals surface area contributed by atoms with Crippen LogP contribution in [-0.4, -0.2) is 40.9 Å². The second-order valence-corrected chi connectivity index (χ2v) is 10.9. The molecule has 3 aromatic rings. The van der Waals surface area contributed by atoms with Crippen LogP contribution in [-0.2, 0) is 27.4 Å². The molecule has 38 heavy (non-hydrogen) atoms. The molecule has 2 amide bonds. The summed E-state index contributed by atoms with van der Waals surface area (Å²) in [6.07, 6.45) is -0.347. The monoisotopic (exact) mass is 558 g/mol. The zero-order chi connectivity index (χ0) is 26.9. The Labute approximate surface area is 228 Å². The van der Waals surface area contributed by atoms with E-state index in [-0.39, 0.29) is 19.1 Å². The molecule has 1 aliphatic heterocycles. The molecule has 4 rings (SSSR count). The summed E-state index contributed by atoms with van der Waals surface area (Å²) in [5.41, 5.74) is 0.530. The van der Waals surface area contributed by atoms with Crippen molar-refractivity contribution < 1.29 is 33.7 Å². The Morgan fingerprint density at radius 2 is 1.74 bits per heavy atom. The van der Waals surface area contributed by atoms with Gasteiger partial charge in [-0.1, -0.05) is 31.5 Å². The van der Waals surface area contributed by atoms with Gasteiger partial charge in [-0.05, 0) is 53.4 Å². The molecule has 2 N–H and O–H groups in total. The summed E-state index contributed by atoms with van der Waals surface area (Å²) in [6.45, 7) is 2.88. The number of fused-ring (bicyclic) bond motifs is 1. The first kappa shape index (κ1) is 27.5. The Balaban J connectivity index is 1.49. The van der Waals surface area contributed by atoms with Crippen LogP contribution in [0, 0.1) is 0 Å². The van der Waals surface area contributed by atoms with Gasteiger partial charge in [-0.3, -0.25) is 9.59 Å². The number of nitrogens with zero attached hydrogens (tertiary/aromatic N) is 1. The molecule has 0 radical (unpaired) electrons. The molecular weight excluding hydrogens is 528 g/mol. The summed E-state index contributed by atoms with van der Waals surface area (Å²) in [5, 5.41) is 16.0. The Morgan fingerprint density at radius 1 is 1.05 bits per heavy atom. The summed E-state index contributed by atoms with van der Waals surface area (Å²) < 4.78 is 16.4. The smallest absolute Gasteiger partial charge is 0.408 e. The van der Waals surface area contributed by atoms with Gasteiger partial charge in [0.25, 0.3) is 5.91 Å². The number of thiophene rings is 2. The summed E-state index contributed by atoms with van der Waals surface area (Å²) in [6, 6.07) is 11.9. The van der Waals surface area contributed by atoms with Crippen LogP contribution in [0.5, 0.6) is 11.5 Å². The van der Waals surface area contributed by atoms with Gasteiger partial charge in [-0.25, -0.2) is 4.79 Å². The van der Waals surface area contributed by atoms with Crippen LogP contribution in [0.4, 0.5) is 4.79 Å². The van der Waals surface area contributed by atoms with E-state index >= 15 is 0 Å². The third kappa shape index (κ3) is 7.48. The average molecular weight is 559 g/mol.